The predicted octanol–water partition coefficient (Wildman–Crippen LogP) is 2.32. The number of carbonyl (C=O) groups excluding carboxylic acids is 1. The van der Waals surface area contributed by atoms with E-state index in [4.69, 9.17) is 11.6 Å². The molecule has 5 heteroatoms. The minimum atomic E-state index is 0.0149. The normalized spacial score (nSPS) is 10.4. The SMILES string of the molecule is Cn1ncc(Cl)c1CNC(=O)CCc1ccccc1. The maximum atomic E-state index is 11.8. The molecule has 0 spiro atoms. The van der Waals surface area contributed by atoms with E-state index in [1.54, 1.807) is 17.9 Å². The minimum Gasteiger partial charge on any atom is -0.350 e. The highest BCUT2D eigenvalue weighted by molar-refractivity contribution is 6.31. The summed E-state index contributed by atoms with van der Waals surface area (Å²) < 4.78 is 1.67. The number of halogens is 1. The van der Waals surface area contributed by atoms with Crippen LogP contribution in [0.4, 0.5) is 0 Å². The molecule has 0 saturated carbocycles. The first-order valence-corrected chi connectivity index (χ1v) is 6.51. The van der Waals surface area contributed by atoms with Crippen LogP contribution in [0.15, 0.2) is 36.5 Å². The highest BCUT2D eigenvalue weighted by atomic mass is 35.5. The molecule has 0 atom stereocenters. The molecule has 0 fully saturated rings. The van der Waals surface area contributed by atoms with Crippen molar-refractivity contribution in [3.8, 4) is 0 Å². The molecule has 1 amide bonds. The second-order valence-corrected chi connectivity index (χ2v) is 4.73. The van der Waals surface area contributed by atoms with E-state index < -0.39 is 0 Å². The second kappa shape index (κ2) is 6.38. The first kappa shape index (κ1) is 13.6. The first-order valence-electron chi connectivity index (χ1n) is 6.14. The van der Waals surface area contributed by atoms with Crippen LogP contribution >= 0.6 is 11.6 Å². The predicted molar refractivity (Wildman–Crippen MR) is 74.8 cm³/mol. The topological polar surface area (TPSA) is 46.9 Å². The van der Waals surface area contributed by atoms with E-state index in [1.165, 1.54) is 0 Å². The van der Waals surface area contributed by atoms with Crippen molar-refractivity contribution in [2.75, 3.05) is 0 Å². The standard InChI is InChI=1S/C14H16ClN3O/c1-18-13(12(15)9-17-18)10-16-14(19)8-7-11-5-3-2-4-6-11/h2-6,9H,7-8,10H2,1H3,(H,16,19). The van der Waals surface area contributed by atoms with Crippen molar-refractivity contribution in [1.82, 2.24) is 15.1 Å². The molecule has 100 valence electrons. The van der Waals surface area contributed by atoms with Gasteiger partial charge in [0.05, 0.1) is 23.5 Å². The van der Waals surface area contributed by atoms with Crippen molar-refractivity contribution in [1.29, 1.82) is 0 Å². The zero-order chi connectivity index (χ0) is 13.7. The molecule has 4 nitrogen and oxygen atoms in total. The molecular formula is C14H16ClN3O. The highest BCUT2D eigenvalue weighted by Gasteiger charge is 2.08. The van der Waals surface area contributed by atoms with Crippen LogP contribution in [0, 0.1) is 0 Å². The fourth-order valence-corrected chi connectivity index (χ4v) is 2.04. The quantitative estimate of drug-likeness (QED) is 0.912. The molecule has 0 aliphatic heterocycles. The summed E-state index contributed by atoms with van der Waals surface area (Å²) in [6.07, 6.45) is 2.79. The Kier molecular flexibility index (Phi) is 4.58. The monoisotopic (exact) mass is 277 g/mol. The van der Waals surface area contributed by atoms with Gasteiger partial charge < -0.3 is 5.32 Å². The van der Waals surface area contributed by atoms with Crippen molar-refractivity contribution >= 4 is 17.5 Å². The van der Waals surface area contributed by atoms with Crippen LogP contribution in [0.3, 0.4) is 0 Å². The van der Waals surface area contributed by atoms with E-state index in [2.05, 4.69) is 10.4 Å². The lowest BCUT2D eigenvalue weighted by atomic mass is 10.1. The van der Waals surface area contributed by atoms with E-state index in [9.17, 15) is 4.79 Å². The van der Waals surface area contributed by atoms with Crippen molar-refractivity contribution in [2.45, 2.75) is 19.4 Å². The van der Waals surface area contributed by atoms with Gasteiger partial charge in [0.25, 0.3) is 0 Å². The van der Waals surface area contributed by atoms with Crippen molar-refractivity contribution in [2.24, 2.45) is 7.05 Å². The largest absolute Gasteiger partial charge is 0.350 e. The van der Waals surface area contributed by atoms with Gasteiger partial charge in [-0.3, -0.25) is 9.48 Å². The molecule has 0 bridgehead atoms. The molecule has 2 rings (SSSR count). The smallest absolute Gasteiger partial charge is 0.220 e. The number of carbonyl (C=O) groups is 1. The summed E-state index contributed by atoms with van der Waals surface area (Å²) in [6.45, 7) is 0.406. The number of hydrogen-bond donors (Lipinski definition) is 1. The van der Waals surface area contributed by atoms with Crippen molar-refractivity contribution in [3.05, 3.63) is 52.8 Å². The molecule has 0 saturated heterocycles. The third kappa shape index (κ3) is 3.83. The van der Waals surface area contributed by atoms with Crippen LogP contribution in [0.2, 0.25) is 5.02 Å². The van der Waals surface area contributed by atoms with Gasteiger partial charge in [0.2, 0.25) is 5.91 Å². The van der Waals surface area contributed by atoms with Crippen LogP contribution in [0.1, 0.15) is 17.7 Å². The summed E-state index contributed by atoms with van der Waals surface area (Å²) >= 11 is 5.97. The third-order valence-corrected chi connectivity index (χ3v) is 3.26. The number of nitrogens with one attached hydrogen (secondary N) is 1. The number of nitrogens with zero attached hydrogens (tertiary/aromatic N) is 2. The van der Waals surface area contributed by atoms with Gasteiger partial charge in [-0.15, -0.1) is 0 Å². The average molecular weight is 278 g/mol. The Bertz CT molecular complexity index is 532. The van der Waals surface area contributed by atoms with Crippen LogP contribution < -0.4 is 5.32 Å². The number of hydrogen-bond acceptors (Lipinski definition) is 2. The summed E-state index contributed by atoms with van der Waals surface area (Å²) in [5.74, 6) is 0.0149. The van der Waals surface area contributed by atoms with E-state index >= 15 is 0 Å². The van der Waals surface area contributed by atoms with Crippen molar-refractivity contribution < 1.29 is 4.79 Å². The molecule has 1 aromatic carbocycles. The molecule has 0 aliphatic carbocycles. The summed E-state index contributed by atoms with van der Waals surface area (Å²) in [6, 6.07) is 9.95. The third-order valence-electron chi connectivity index (χ3n) is 2.95. The Morgan fingerprint density at radius 3 is 2.74 bits per heavy atom. The molecule has 1 N–H and O–H groups in total. The Balaban J connectivity index is 1.79. The Labute approximate surface area is 117 Å². The number of amides is 1. The maximum absolute atomic E-state index is 11.8. The molecule has 19 heavy (non-hydrogen) atoms. The fraction of sp³-hybridized carbons (Fsp3) is 0.286. The number of rotatable bonds is 5. The lowest BCUT2D eigenvalue weighted by Gasteiger charge is -2.06. The van der Waals surface area contributed by atoms with Gasteiger partial charge >= 0.3 is 0 Å². The number of aromatic nitrogens is 2. The van der Waals surface area contributed by atoms with Crippen molar-refractivity contribution in [3.63, 3.8) is 0 Å². The lowest BCUT2D eigenvalue weighted by molar-refractivity contribution is -0.121. The minimum absolute atomic E-state index is 0.0149. The highest BCUT2D eigenvalue weighted by Crippen LogP contribution is 2.13. The Morgan fingerprint density at radius 1 is 1.37 bits per heavy atom. The van der Waals surface area contributed by atoms with E-state index in [0.29, 0.717) is 18.0 Å². The molecule has 0 aliphatic rings. The second-order valence-electron chi connectivity index (χ2n) is 4.33. The van der Waals surface area contributed by atoms with Gasteiger partial charge in [-0.05, 0) is 12.0 Å². The summed E-state index contributed by atoms with van der Waals surface area (Å²) in [4.78, 5) is 11.8. The zero-order valence-electron chi connectivity index (χ0n) is 10.8. The van der Waals surface area contributed by atoms with E-state index in [1.807, 2.05) is 30.3 Å². The van der Waals surface area contributed by atoms with Gasteiger partial charge in [-0.25, -0.2) is 0 Å². The summed E-state index contributed by atoms with van der Waals surface area (Å²) in [5.41, 5.74) is 1.98. The lowest BCUT2D eigenvalue weighted by Crippen LogP contribution is -2.24. The molecule has 1 heterocycles. The molecule has 0 unspecified atom stereocenters. The maximum Gasteiger partial charge on any atom is 0.220 e. The number of benzene rings is 1. The number of aryl methyl sites for hydroxylation is 2. The first-order chi connectivity index (χ1) is 9.16. The average Bonchev–Trinajstić information content (AvgIpc) is 2.75. The van der Waals surface area contributed by atoms with E-state index in [-0.39, 0.29) is 5.91 Å². The Morgan fingerprint density at radius 2 is 2.11 bits per heavy atom. The molecule has 0 radical (unpaired) electrons. The van der Waals surface area contributed by atoms with Gasteiger partial charge in [0.15, 0.2) is 0 Å². The molecule has 2 aromatic rings. The molecule has 1 aromatic heterocycles. The fourth-order valence-electron chi connectivity index (χ4n) is 1.81. The summed E-state index contributed by atoms with van der Waals surface area (Å²) in [7, 11) is 1.80. The Hall–Kier alpha value is -1.81. The van der Waals surface area contributed by atoms with Gasteiger partial charge in [-0.2, -0.15) is 5.10 Å². The van der Waals surface area contributed by atoms with Crippen LogP contribution in [-0.2, 0) is 24.8 Å². The van der Waals surface area contributed by atoms with Gasteiger partial charge in [0, 0.05) is 13.5 Å². The van der Waals surface area contributed by atoms with Gasteiger partial charge in [0.1, 0.15) is 0 Å². The van der Waals surface area contributed by atoms with E-state index in [0.717, 1.165) is 17.7 Å². The molecular weight excluding hydrogens is 262 g/mol. The summed E-state index contributed by atoms with van der Waals surface area (Å²) in [5, 5.41) is 7.45. The zero-order valence-corrected chi connectivity index (χ0v) is 11.5. The van der Waals surface area contributed by atoms with Crippen LogP contribution in [-0.4, -0.2) is 15.7 Å². The van der Waals surface area contributed by atoms with Crippen LogP contribution in [0.5, 0.6) is 0 Å². The van der Waals surface area contributed by atoms with Gasteiger partial charge in [-0.1, -0.05) is 41.9 Å². The van der Waals surface area contributed by atoms with Crippen LogP contribution in [0.25, 0.3) is 0 Å².